The van der Waals surface area contributed by atoms with Crippen molar-refractivity contribution in [3.8, 4) is 11.5 Å². The third-order valence-corrected chi connectivity index (χ3v) is 3.48. The maximum atomic E-state index is 5.79. The van der Waals surface area contributed by atoms with Crippen LogP contribution in [0.4, 0.5) is 0 Å². The Kier molecular flexibility index (Phi) is 2.67. The molecule has 0 amide bonds. The van der Waals surface area contributed by atoms with Crippen LogP contribution in [0.1, 0.15) is 24.2 Å². The van der Waals surface area contributed by atoms with Gasteiger partial charge in [0.05, 0.1) is 20.8 Å². The van der Waals surface area contributed by atoms with Crippen molar-refractivity contribution in [1.82, 2.24) is 0 Å². The Labute approximate surface area is 106 Å². The fourth-order valence-electron chi connectivity index (χ4n) is 2.57. The molecule has 2 aliphatic rings. The molecule has 3 rings (SSSR count). The number of rotatable bonds is 2. The van der Waals surface area contributed by atoms with Crippen LogP contribution < -0.4 is 9.47 Å². The zero-order valence-corrected chi connectivity index (χ0v) is 10.8. The highest BCUT2D eigenvalue weighted by molar-refractivity contribution is 5.77. The van der Waals surface area contributed by atoms with E-state index in [1.807, 2.05) is 12.1 Å². The fourth-order valence-corrected chi connectivity index (χ4v) is 2.57. The zero-order chi connectivity index (χ0) is 12.7. The van der Waals surface area contributed by atoms with Gasteiger partial charge in [0.15, 0.2) is 11.5 Å². The van der Waals surface area contributed by atoms with Gasteiger partial charge in [-0.2, -0.15) is 0 Å². The zero-order valence-electron chi connectivity index (χ0n) is 10.8. The fraction of sp³-hybridized carbons (Fsp3) is 0.429. The molecular formula is C14H16O4. The van der Waals surface area contributed by atoms with Gasteiger partial charge in [0.1, 0.15) is 18.5 Å². The van der Waals surface area contributed by atoms with Gasteiger partial charge in [0.2, 0.25) is 0 Å². The Hall–Kier alpha value is -1.68. The van der Waals surface area contributed by atoms with Crippen molar-refractivity contribution in [2.75, 3.05) is 27.4 Å². The molecule has 0 N–H and O–H groups in total. The minimum atomic E-state index is -0.0893. The Morgan fingerprint density at radius 2 is 1.83 bits per heavy atom. The first-order chi connectivity index (χ1) is 8.76. The van der Waals surface area contributed by atoms with Crippen molar-refractivity contribution in [2.45, 2.75) is 13.0 Å². The van der Waals surface area contributed by atoms with Crippen LogP contribution in [0.2, 0.25) is 0 Å². The van der Waals surface area contributed by atoms with Gasteiger partial charge in [-0.3, -0.25) is 0 Å². The Bertz CT molecular complexity index is 519. The van der Waals surface area contributed by atoms with Gasteiger partial charge < -0.3 is 18.9 Å². The Balaban J connectivity index is 2.14. The number of fused-ring (bicyclic) bond motifs is 3. The summed E-state index contributed by atoms with van der Waals surface area (Å²) in [6.45, 7) is 3.29. The van der Waals surface area contributed by atoms with Crippen molar-refractivity contribution in [1.29, 1.82) is 0 Å². The molecule has 0 spiro atoms. The molecule has 4 heteroatoms. The van der Waals surface area contributed by atoms with E-state index in [9.17, 15) is 0 Å². The summed E-state index contributed by atoms with van der Waals surface area (Å²) in [7, 11) is 3.28. The molecule has 1 saturated heterocycles. The first kappa shape index (κ1) is 11.4. The summed E-state index contributed by atoms with van der Waals surface area (Å²) >= 11 is 0. The number of hydrogen-bond donors (Lipinski definition) is 0. The van der Waals surface area contributed by atoms with Crippen LogP contribution in [-0.2, 0) is 9.47 Å². The molecule has 1 aliphatic carbocycles. The summed E-state index contributed by atoms with van der Waals surface area (Å²) in [5.41, 5.74) is 3.34. The molecule has 1 fully saturated rings. The average Bonchev–Trinajstić information content (AvgIpc) is 2.71. The lowest BCUT2D eigenvalue weighted by molar-refractivity contribution is -0.0401. The van der Waals surface area contributed by atoms with Crippen LogP contribution in [0.5, 0.6) is 11.5 Å². The first-order valence-electron chi connectivity index (χ1n) is 5.97. The van der Waals surface area contributed by atoms with E-state index in [2.05, 4.69) is 6.92 Å². The molecule has 1 atom stereocenters. The van der Waals surface area contributed by atoms with Crippen LogP contribution in [0.25, 0.3) is 5.57 Å². The predicted octanol–water partition coefficient (Wildman–Crippen LogP) is 2.54. The number of ether oxygens (including phenoxy) is 4. The second-order valence-corrected chi connectivity index (χ2v) is 4.38. The Morgan fingerprint density at radius 3 is 2.56 bits per heavy atom. The van der Waals surface area contributed by atoms with Crippen LogP contribution in [-0.4, -0.2) is 27.4 Å². The third-order valence-electron chi connectivity index (χ3n) is 3.48. The topological polar surface area (TPSA) is 36.9 Å². The lowest BCUT2D eigenvalue weighted by Gasteiger charge is -2.24. The molecule has 18 heavy (non-hydrogen) atoms. The van der Waals surface area contributed by atoms with E-state index in [0.717, 1.165) is 34.0 Å². The van der Waals surface area contributed by atoms with E-state index in [0.29, 0.717) is 13.2 Å². The van der Waals surface area contributed by atoms with Crippen molar-refractivity contribution in [2.24, 2.45) is 0 Å². The van der Waals surface area contributed by atoms with E-state index >= 15 is 0 Å². The number of hydrogen-bond acceptors (Lipinski definition) is 4. The molecule has 96 valence electrons. The summed E-state index contributed by atoms with van der Waals surface area (Å²) in [5.74, 6) is 2.38. The normalized spacial score (nSPS) is 21.2. The van der Waals surface area contributed by atoms with E-state index in [1.54, 1.807) is 14.2 Å². The predicted molar refractivity (Wildman–Crippen MR) is 66.8 cm³/mol. The van der Waals surface area contributed by atoms with Crippen LogP contribution in [0.3, 0.4) is 0 Å². The van der Waals surface area contributed by atoms with Crippen LogP contribution in [0.15, 0.2) is 17.9 Å². The molecule has 0 aromatic heterocycles. The van der Waals surface area contributed by atoms with Gasteiger partial charge in [-0.15, -0.1) is 0 Å². The van der Waals surface area contributed by atoms with Gasteiger partial charge in [0, 0.05) is 0 Å². The van der Waals surface area contributed by atoms with E-state index in [-0.39, 0.29) is 6.10 Å². The molecule has 0 saturated carbocycles. The van der Waals surface area contributed by atoms with Gasteiger partial charge in [-0.1, -0.05) is 0 Å². The molecule has 1 unspecified atom stereocenters. The molecule has 0 radical (unpaired) electrons. The monoisotopic (exact) mass is 248 g/mol. The molecule has 0 bridgehead atoms. The number of methoxy groups -OCH3 is 2. The lowest BCUT2D eigenvalue weighted by Crippen LogP contribution is -2.18. The van der Waals surface area contributed by atoms with Gasteiger partial charge in [-0.05, 0) is 35.8 Å². The quantitative estimate of drug-likeness (QED) is 0.806. The van der Waals surface area contributed by atoms with Crippen molar-refractivity contribution < 1.29 is 18.9 Å². The van der Waals surface area contributed by atoms with Gasteiger partial charge in [-0.25, -0.2) is 0 Å². The minimum absolute atomic E-state index is 0.0893. The number of allylic oxidation sites excluding steroid dienone is 1. The summed E-state index contributed by atoms with van der Waals surface area (Å²) in [6, 6.07) is 3.96. The van der Waals surface area contributed by atoms with E-state index in [4.69, 9.17) is 18.9 Å². The first-order valence-corrected chi connectivity index (χ1v) is 5.97. The van der Waals surface area contributed by atoms with E-state index < -0.39 is 0 Å². The highest BCUT2D eigenvalue weighted by Gasteiger charge is 2.35. The molecular weight excluding hydrogens is 232 g/mol. The SMILES string of the molecule is COc1cc2c(cc1OC)C1OCCOC1=C2C. The van der Waals surface area contributed by atoms with Gasteiger partial charge >= 0.3 is 0 Å². The minimum Gasteiger partial charge on any atom is -0.493 e. The smallest absolute Gasteiger partial charge is 0.161 e. The summed E-state index contributed by atoms with van der Waals surface area (Å²) < 4.78 is 22.2. The summed E-state index contributed by atoms with van der Waals surface area (Å²) in [6.07, 6.45) is -0.0893. The lowest BCUT2D eigenvalue weighted by atomic mass is 10.0. The van der Waals surface area contributed by atoms with Crippen LogP contribution >= 0.6 is 0 Å². The summed E-state index contributed by atoms with van der Waals surface area (Å²) in [5, 5.41) is 0. The molecule has 1 aromatic carbocycles. The standard InChI is InChI=1S/C14H16O4/c1-8-9-6-11(15-2)12(16-3)7-10(9)14-13(8)17-4-5-18-14/h6-7,14H,4-5H2,1-3H3. The highest BCUT2D eigenvalue weighted by atomic mass is 16.6. The Morgan fingerprint density at radius 1 is 1.11 bits per heavy atom. The highest BCUT2D eigenvalue weighted by Crippen LogP contribution is 2.48. The van der Waals surface area contributed by atoms with Crippen molar-refractivity contribution in [3.63, 3.8) is 0 Å². The third kappa shape index (κ3) is 1.49. The maximum Gasteiger partial charge on any atom is 0.161 e. The van der Waals surface area contributed by atoms with Crippen molar-refractivity contribution in [3.05, 3.63) is 29.0 Å². The second-order valence-electron chi connectivity index (χ2n) is 4.38. The number of benzene rings is 1. The van der Waals surface area contributed by atoms with Crippen LogP contribution in [0, 0.1) is 0 Å². The van der Waals surface area contributed by atoms with Crippen molar-refractivity contribution >= 4 is 5.57 Å². The second kappa shape index (κ2) is 4.21. The molecule has 1 heterocycles. The summed E-state index contributed by atoms with van der Waals surface area (Å²) in [4.78, 5) is 0. The molecule has 1 aliphatic heterocycles. The largest absolute Gasteiger partial charge is 0.493 e. The maximum absolute atomic E-state index is 5.79. The molecule has 4 nitrogen and oxygen atoms in total. The van der Waals surface area contributed by atoms with Gasteiger partial charge in [0.25, 0.3) is 0 Å². The average molecular weight is 248 g/mol. The van der Waals surface area contributed by atoms with E-state index in [1.165, 1.54) is 0 Å². The molecule has 1 aromatic rings.